The number of hydrogen-bond donors (Lipinski definition) is 10. The molecule has 1 aliphatic heterocycles. The molecule has 1 aromatic carbocycles. The van der Waals surface area contributed by atoms with E-state index in [1.54, 1.807) is 12.1 Å². The van der Waals surface area contributed by atoms with Gasteiger partial charge >= 0.3 is 5.63 Å². The summed E-state index contributed by atoms with van der Waals surface area (Å²) in [4.78, 5) is 99.2. The van der Waals surface area contributed by atoms with E-state index in [9.17, 15) is 38.4 Å². The van der Waals surface area contributed by atoms with Crippen molar-refractivity contribution in [3.8, 4) is 0 Å². The molecule has 0 saturated carbocycles. The topological polar surface area (TPSA) is 341 Å². The van der Waals surface area contributed by atoms with E-state index in [1.165, 1.54) is 17.9 Å². The van der Waals surface area contributed by atoms with Crippen LogP contribution in [0.2, 0.25) is 0 Å². The molecule has 20 heteroatoms. The molecule has 0 bridgehead atoms. The van der Waals surface area contributed by atoms with Gasteiger partial charge in [-0.1, -0.05) is 18.2 Å². The van der Waals surface area contributed by atoms with Crippen LogP contribution in [0.5, 0.6) is 0 Å². The Morgan fingerprint density at radius 3 is 2.13 bits per heavy atom. The van der Waals surface area contributed by atoms with Gasteiger partial charge in [-0.15, -0.1) is 0 Å². The number of guanidine groups is 1. The van der Waals surface area contributed by atoms with Gasteiger partial charge in [-0.3, -0.25) is 39.0 Å². The fourth-order valence-corrected chi connectivity index (χ4v) is 5.51. The third-order valence-corrected chi connectivity index (χ3v) is 8.16. The van der Waals surface area contributed by atoms with Crippen molar-refractivity contribution in [3.05, 3.63) is 46.8 Å². The fourth-order valence-electron chi connectivity index (χ4n) is 5.51. The quantitative estimate of drug-likeness (QED) is 0.0299. The van der Waals surface area contributed by atoms with E-state index in [1.807, 2.05) is 18.2 Å². The summed E-state index contributed by atoms with van der Waals surface area (Å²) in [6, 6.07) is 5.96. The average molecular weight is 758 g/mol. The Kier molecular flexibility index (Phi) is 18.6. The van der Waals surface area contributed by atoms with Crippen molar-refractivity contribution in [1.29, 1.82) is 5.41 Å². The zero-order valence-corrected chi connectivity index (χ0v) is 30.2. The summed E-state index contributed by atoms with van der Waals surface area (Å²) in [6.07, 6.45) is 1.84. The van der Waals surface area contributed by atoms with Gasteiger partial charge in [0.05, 0.1) is 13.0 Å². The lowest BCUT2D eigenvalue weighted by molar-refractivity contribution is -0.138. The lowest BCUT2D eigenvalue weighted by Crippen LogP contribution is -2.58. The van der Waals surface area contributed by atoms with E-state index in [0.29, 0.717) is 44.4 Å². The number of nitrogens with one attached hydrogen (secondary N) is 6. The molecule has 2 heterocycles. The molecule has 1 aliphatic rings. The first-order chi connectivity index (χ1) is 25.6. The molecule has 0 aliphatic carbocycles. The maximum Gasteiger partial charge on any atom is 0.336 e. The Morgan fingerprint density at radius 1 is 0.833 bits per heavy atom. The number of rotatable bonds is 19. The molecular formula is C34H51N11O9. The summed E-state index contributed by atoms with van der Waals surface area (Å²) >= 11 is 0. The van der Waals surface area contributed by atoms with Gasteiger partial charge in [0.25, 0.3) is 0 Å². The molecule has 4 atom stereocenters. The molecule has 0 radical (unpaired) electrons. The molecule has 4 unspecified atom stereocenters. The average Bonchev–Trinajstić information content (AvgIpc) is 3.62. The number of carbonyl (C=O) groups is 7. The zero-order valence-electron chi connectivity index (χ0n) is 30.2. The van der Waals surface area contributed by atoms with E-state index >= 15 is 0 Å². The van der Waals surface area contributed by atoms with Crippen LogP contribution in [0.15, 0.2) is 45.6 Å². The Bertz CT molecular complexity index is 1700. The first-order valence-electron chi connectivity index (χ1n) is 17.4. The molecule has 20 nitrogen and oxygen atoms in total. The summed E-state index contributed by atoms with van der Waals surface area (Å²) < 4.78 is 4.91. The Hall–Kier alpha value is -6.05. The van der Waals surface area contributed by atoms with E-state index in [-0.39, 0.29) is 43.3 Å². The number of unbranched alkanes of at least 4 members (excludes halogenated alkanes) is 1. The lowest BCUT2D eigenvalue weighted by atomic mass is 10.1. The molecule has 14 N–H and O–H groups in total. The number of hydrogen-bond acceptors (Lipinski definition) is 11. The first kappa shape index (κ1) is 44.1. The molecule has 1 aromatic heterocycles. The summed E-state index contributed by atoms with van der Waals surface area (Å²) in [7, 11) is 0. The number of amides is 7. The number of para-hydroxylation sites is 1. The summed E-state index contributed by atoms with van der Waals surface area (Å²) in [6.45, 7) is 1.81. The van der Waals surface area contributed by atoms with Gasteiger partial charge in [0.2, 0.25) is 41.4 Å². The van der Waals surface area contributed by atoms with E-state index in [4.69, 9.17) is 32.8 Å². The lowest BCUT2D eigenvalue weighted by Gasteiger charge is -2.27. The molecule has 3 rings (SSSR count). The molecule has 1 saturated heterocycles. The van der Waals surface area contributed by atoms with Crippen molar-refractivity contribution in [3.63, 3.8) is 0 Å². The van der Waals surface area contributed by atoms with Crippen LogP contribution in [-0.4, -0.2) is 103 Å². The third-order valence-electron chi connectivity index (χ3n) is 8.16. The number of carbonyl (C=O) groups excluding carboxylic acids is 7. The first-order valence-corrected chi connectivity index (χ1v) is 17.4. The SMILES string of the molecule is CC(=O)N1CCCC1C(=O)NC(CCCNC(=N)N)C(=O)NC(CC(N)=O)C(=O)NC(CCCCN)C(=O)NCC(N)=O.O=c1ccc2ccccc2o1. The highest BCUT2D eigenvalue weighted by atomic mass is 16.4. The number of nitrogens with two attached hydrogens (primary N) is 4. The van der Waals surface area contributed by atoms with E-state index in [0.717, 1.165) is 5.39 Å². The summed E-state index contributed by atoms with van der Waals surface area (Å²) in [5.74, 6) is -5.28. The van der Waals surface area contributed by atoms with Gasteiger partial charge in [-0.05, 0) is 63.6 Å². The minimum Gasteiger partial charge on any atom is -0.423 e. The highest BCUT2D eigenvalue weighted by Gasteiger charge is 2.35. The van der Waals surface area contributed by atoms with Crippen LogP contribution < -0.4 is 55.1 Å². The van der Waals surface area contributed by atoms with Gasteiger partial charge in [0.1, 0.15) is 29.8 Å². The number of primary amides is 2. The van der Waals surface area contributed by atoms with Crippen LogP contribution in [0.3, 0.4) is 0 Å². The van der Waals surface area contributed by atoms with Gasteiger partial charge in [0.15, 0.2) is 5.96 Å². The molecule has 1 fully saturated rings. The van der Waals surface area contributed by atoms with Gasteiger partial charge < -0.3 is 58.8 Å². The molecule has 2 aromatic rings. The minimum atomic E-state index is -1.51. The Labute approximate surface area is 311 Å². The number of nitrogens with zero attached hydrogens (tertiary/aromatic N) is 1. The Morgan fingerprint density at radius 2 is 1.48 bits per heavy atom. The largest absolute Gasteiger partial charge is 0.423 e. The van der Waals surface area contributed by atoms with Crippen LogP contribution in [0, 0.1) is 5.41 Å². The van der Waals surface area contributed by atoms with Crippen LogP contribution in [0.25, 0.3) is 11.0 Å². The maximum absolute atomic E-state index is 13.4. The van der Waals surface area contributed by atoms with Crippen molar-refractivity contribution >= 4 is 58.3 Å². The molecule has 0 spiro atoms. The molecule has 296 valence electrons. The number of benzene rings is 1. The monoisotopic (exact) mass is 757 g/mol. The van der Waals surface area contributed by atoms with Crippen molar-refractivity contribution in [2.45, 2.75) is 82.5 Å². The summed E-state index contributed by atoms with van der Waals surface area (Å²) in [5, 5.41) is 20.7. The normalized spacial score (nSPS) is 15.0. The summed E-state index contributed by atoms with van der Waals surface area (Å²) in [5.41, 5.74) is 21.5. The van der Waals surface area contributed by atoms with Gasteiger partial charge in [-0.25, -0.2) is 4.79 Å². The predicted molar refractivity (Wildman–Crippen MR) is 197 cm³/mol. The predicted octanol–water partition coefficient (Wildman–Crippen LogP) is -2.89. The van der Waals surface area contributed by atoms with Crippen molar-refractivity contribution in [2.75, 3.05) is 26.2 Å². The van der Waals surface area contributed by atoms with Gasteiger partial charge in [-0.2, -0.15) is 0 Å². The van der Waals surface area contributed by atoms with Crippen molar-refractivity contribution in [2.24, 2.45) is 22.9 Å². The smallest absolute Gasteiger partial charge is 0.336 e. The molecule has 54 heavy (non-hydrogen) atoms. The van der Waals surface area contributed by atoms with Crippen LogP contribution >= 0.6 is 0 Å². The van der Waals surface area contributed by atoms with Crippen LogP contribution in [0.1, 0.15) is 58.3 Å². The van der Waals surface area contributed by atoms with E-state index < -0.39 is 72.6 Å². The Balaban J connectivity index is 0.000000768. The number of fused-ring (bicyclic) bond motifs is 1. The van der Waals surface area contributed by atoms with E-state index in [2.05, 4.69) is 26.6 Å². The van der Waals surface area contributed by atoms with Gasteiger partial charge in [0, 0.05) is 31.5 Å². The van der Waals surface area contributed by atoms with Crippen LogP contribution in [-0.2, 0) is 33.6 Å². The molecular weight excluding hydrogens is 706 g/mol. The third kappa shape index (κ3) is 15.7. The van der Waals surface area contributed by atoms with Crippen molar-refractivity contribution < 1.29 is 38.0 Å². The second-order valence-electron chi connectivity index (χ2n) is 12.5. The zero-order chi connectivity index (χ0) is 40.2. The maximum atomic E-state index is 13.4. The van der Waals surface area contributed by atoms with Crippen LogP contribution in [0.4, 0.5) is 0 Å². The second kappa shape index (κ2) is 22.8. The highest BCUT2D eigenvalue weighted by Crippen LogP contribution is 2.18. The second-order valence-corrected chi connectivity index (χ2v) is 12.5. The standard InChI is InChI=1S/C25H45N11O7.C9H6O2/c1-14(37)36-11-5-8-18(36)24(43)34-16(7-4-10-31-25(29)30)22(41)35-17(12-19(27)38)23(42)33-15(6-2-3-9-26)21(40)32-13-20(28)39;10-9-6-5-7-3-1-2-4-8(7)11-9/h15-18H,2-13,26H2,1H3,(H2,27,38)(H2,28,39)(H,32,40)(H,33,42)(H,34,43)(H,35,41)(H4,29,30,31);1-6H. The highest BCUT2D eigenvalue weighted by molar-refractivity contribution is 5.97. The minimum absolute atomic E-state index is 0.0484. The number of likely N-dealkylation sites (tertiary alicyclic amines) is 1. The van der Waals surface area contributed by atoms with Crippen molar-refractivity contribution in [1.82, 2.24) is 31.5 Å². The molecule has 7 amide bonds. The fraction of sp³-hybridized carbons (Fsp3) is 0.500.